The van der Waals surface area contributed by atoms with Gasteiger partial charge in [0.2, 0.25) is 0 Å². The van der Waals surface area contributed by atoms with Crippen molar-refractivity contribution in [1.29, 1.82) is 0 Å². The summed E-state index contributed by atoms with van der Waals surface area (Å²) in [4.78, 5) is 12.2. The Bertz CT molecular complexity index is 767. The Labute approximate surface area is 148 Å². The van der Waals surface area contributed by atoms with Crippen LogP contribution in [0.2, 0.25) is 0 Å². The largest absolute Gasteiger partial charge is 0.381 e. The molecule has 0 radical (unpaired) electrons. The monoisotopic (exact) mass is 342 g/mol. The molecule has 0 spiro atoms. The van der Waals surface area contributed by atoms with Crippen molar-refractivity contribution in [2.24, 2.45) is 11.8 Å². The molecule has 6 heteroatoms. The van der Waals surface area contributed by atoms with Crippen LogP contribution in [0.15, 0.2) is 4.52 Å². The van der Waals surface area contributed by atoms with E-state index in [-0.39, 0.29) is 5.92 Å². The molecule has 2 aliphatic rings. The van der Waals surface area contributed by atoms with E-state index >= 15 is 0 Å². The topological polar surface area (TPSA) is 64.3 Å². The minimum absolute atomic E-state index is 0.268. The van der Waals surface area contributed by atoms with E-state index in [1.807, 2.05) is 13.8 Å². The summed E-state index contributed by atoms with van der Waals surface area (Å²) in [5.41, 5.74) is 3.95. The van der Waals surface area contributed by atoms with Crippen molar-refractivity contribution in [3.63, 3.8) is 0 Å². The molecule has 6 nitrogen and oxygen atoms in total. The maximum Gasteiger partial charge on any atom is 0.143 e. The fraction of sp³-hybridized carbons (Fsp3) is 0.632. The zero-order valence-electron chi connectivity index (χ0n) is 15.7. The lowest BCUT2D eigenvalue weighted by molar-refractivity contribution is 0.177. The Morgan fingerprint density at radius 2 is 1.72 bits per heavy atom. The molecule has 134 valence electrons. The number of anilines is 1. The van der Waals surface area contributed by atoms with Crippen LogP contribution in [0.4, 0.5) is 5.82 Å². The quantitative estimate of drug-likeness (QED) is 0.853. The second-order valence-electron chi connectivity index (χ2n) is 7.70. The Balaban J connectivity index is 1.82. The number of rotatable bonds is 3. The lowest BCUT2D eigenvalue weighted by Crippen LogP contribution is -2.25. The molecule has 2 aromatic rings. The first kappa shape index (κ1) is 16.5. The summed E-state index contributed by atoms with van der Waals surface area (Å²) in [5, 5.41) is 4.12. The highest BCUT2D eigenvalue weighted by molar-refractivity contribution is 5.72. The van der Waals surface area contributed by atoms with Gasteiger partial charge in [0.1, 0.15) is 17.4 Å². The van der Waals surface area contributed by atoms with E-state index < -0.39 is 0 Å². The molecule has 0 aliphatic carbocycles. The van der Waals surface area contributed by atoms with Crippen LogP contribution >= 0.6 is 0 Å². The molecule has 2 atom stereocenters. The van der Waals surface area contributed by atoms with Crippen molar-refractivity contribution in [3.8, 4) is 11.3 Å². The van der Waals surface area contributed by atoms with E-state index in [0.717, 1.165) is 66.2 Å². The summed E-state index contributed by atoms with van der Waals surface area (Å²) >= 11 is 0. The average molecular weight is 342 g/mol. The van der Waals surface area contributed by atoms with Gasteiger partial charge in [-0.05, 0) is 20.8 Å². The molecule has 0 saturated carbocycles. The summed E-state index contributed by atoms with van der Waals surface area (Å²) in [6, 6.07) is 0. The van der Waals surface area contributed by atoms with Crippen molar-refractivity contribution in [1.82, 2.24) is 15.1 Å². The molecular formula is C19H26N4O2. The Morgan fingerprint density at radius 1 is 1.04 bits per heavy atom. The molecule has 25 heavy (non-hydrogen) atoms. The molecule has 2 aliphatic heterocycles. The predicted octanol–water partition coefficient (Wildman–Crippen LogP) is 3.26. The van der Waals surface area contributed by atoms with Gasteiger partial charge in [0.05, 0.1) is 30.2 Å². The number of aryl methyl sites for hydroxylation is 2. The van der Waals surface area contributed by atoms with Gasteiger partial charge in [-0.2, -0.15) is 0 Å². The molecule has 2 fully saturated rings. The molecule has 0 unspecified atom stereocenters. The van der Waals surface area contributed by atoms with Gasteiger partial charge in [-0.25, -0.2) is 9.97 Å². The lowest BCUT2D eigenvalue weighted by atomic mass is 10.0. The van der Waals surface area contributed by atoms with Gasteiger partial charge in [-0.3, -0.25) is 0 Å². The van der Waals surface area contributed by atoms with Gasteiger partial charge in [0, 0.05) is 36.4 Å². The number of nitrogens with zero attached hydrogens (tertiary/aromatic N) is 4. The standard InChI is InChI=1S/C19H26N4O2/c1-10(2)18-20-17(16-12(4)22-25-13(16)5)11(3)19(21-18)23-6-14-8-24-9-15(14)7-23/h10,14-15H,6-9H2,1-5H3/t14-,15+. The van der Waals surface area contributed by atoms with Crippen LogP contribution in [-0.4, -0.2) is 41.4 Å². The highest BCUT2D eigenvalue weighted by atomic mass is 16.5. The first-order chi connectivity index (χ1) is 12.0. The van der Waals surface area contributed by atoms with Crippen molar-refractivity contribution in [3.05, 3.63) is 22.8 Å². The normalized spacial score (nSPS) is 22.9. The van der Waals surface area contributed by atoms with E-state index in [2.05, 4.69) is 30.8 Å². The Kier molecular flexibility index (Phi) is 4.02. The molecule has 4 heterocycles. The predicted molar refractivity (Wildman–Crippen MR) is 95.8 cm³/mol. The second-order valence-corrected chi connectivity index (χ2v) is 7.70. The average Bonchev–Trinajstić information content (AvgIpc) is 3.23. The molecule has 4 rings (SSSR count). The maximum atomic E-state index is 5.62. The summed E-state index contributed by atoms with van der Waals surface area (Å²) in [6.45, 7) is 14.1. The van der Waals surface area contributed by atoms with E-state index in [9.17, 15) is 0 Å². The number of ether oxygens (including phenoxy) is 1. The molecule has 2 saturated heterocycles. The molecule has 0 amide bonds. The molecule has 0 aromatic carbocycles. The van der Waals surface area contributed by atoms with Crippen LogP contribution < -0.4 is 4.90 Å². The molecule has 2 aromatic heterocycles. The van der Waals surface area contributed by atoms with E-state index in [0.29, 0.717) is 11.8 Å². The SMILES string of the molecule is Cc1noc(C)c1-c1nc(C(C)C)nc(N2C[C@H]3COC[C@H]3C2)c1C. The minimum Gasteiger partial charge on any atom is -0.381 e. The Hall–Kier alpha value is -1.95. The van der Waals surface area contributed by atoms with Crippen molar-refractivity contribution in [2.75, 3.05) is 31.2 Å². The van der Waals surface area contributed by atoms with Gasteiger partial charge < -0.3 is 14.2 Å². The van der Waals surface area contributed by atoms with Crippen LogP contribution in [-0.2, 0) is 4.74 Å². The number of aromatic nitrogens is 3. The summed E-state index contributed by atoms with van der Waals surface area (Å²) in [5.74, 6) is 4.27. The molecule has 0 bridgehead atoms. The van der Waals surface area contributed by atoms with E-state index in [1.54, 1.807) is 0 Å². The summed E-state index contributed by atoms with van der Waals surface area (Å²) in [6.07, 6.45) is 0. The molecule has 0 N–H and O–H groups in total. The van der Waals surface area contributed by atoms with Crippen LogP contribution in [0, 0.1) is 32.6 Å². The van der Waals surface area contributed by atoms with Gasteiger partial charge >= 0.3 is 0 Å². The van der Waals surface area contributed by atoms with E-state index in [1.165, 1.54) is 0 Å². The fourth-order valence-electron chi connectivity index (χ4n) is 4.01. The van der Waals surface area contributed by atoms with E-state index in [4.69, 9.17) is 19.2 Å². The van der Waals surface area contributed by atoms with Crippen LogP contribution in [0.3, 0.4) is 0 Å². The van der Waals surface area contributed by atoms with Crippen LogP contribution in [0.1, 0.15) is 42.6 Å². The maximum absolute atomic E-state index is 5.62. The smallest absolute Gasteiger partial charge is 0.143 e. The van der Waals surface area contributed by atoms with Gasteiger partial charge in [0.25, 0.3) is 0 Å². The zero-order valence-corrected chi connectivity index (χ0v) is 15.7. The second kappa shape index (κ2) is 6.09. The van der Waals surface area contributed by atoms with Gasteiger partial charge in [-0.15, -0.1) is 0 Å². The third-order valence-corrected chi connectivity index (χ3v) is 5.46. The van der Waals surface area contributed by atoms with Crippen molar-refractivity contribution < 1.29 is 9.26 Å². The number of fused-ring (bicyclic) bond motifs is 1. The highest BCUT2D eigenvalue weighted by Gasteiger charge is 2.38. The summed E-state index contributed by atoms with van der Waals surface area (Å²) < 4.78 is 11.0. The molecular weight excluding hydrogens is 316 g/mol. The third kappa shape index (κ3) is 2.72. The fourth-order valence-corrected chi connectivity index (χ4v) is 4.01. The van der Waals surface area contributed by atoms with Crippen molar-refractivity contribution >= 4 is 5.82 Å². The third-order valence-electron chi connectivity index (χ3n) is 5.46. The first-order valence-corrected chi connectivity index (χ1v) is 9.10. The van der Waals surface area contributed by atoms with Crippen molar-refractivity contribution in [2.45, 2.75) is 40.5 Å². The van der Waals surface area contributed by atoms with Gasteiger partial charge in [0.15, 0.2) is 0 Å². The van der Waals surface area contributed by atoms with Crippen LogP contribution in [0.5, 0.6) is 0 Å². The number of hydrogen-bond acceptors (Lipinski definition) is 6. The first-order valence-electron chi connectivity index (χ1n) is 9.10. The zero-order chi connectivity index (χ0) is 17.7. The number of hydrogen-bond donors (Lipinski definition) is 0. The highest BCUT2D eigenvalue weighted by Crippen LogP contribution is 2.37. The van der Waals surface area contributed by atoms with Crippen LogP contribution in [0.25, 0.3) is 11.3 Å². The summed E-state index contributed by atoms with van der Waals surface area (Å²) in [7, 11) is 0. The van der Waals surface area contributed by atoms with Gasteiger partial charge in [-0.1, -0.05) is 19.0 Å². The lowest BCUT2D eigenvalue weighted by Gasteiger charge is -2.23. The Morgan fingerprint density at radius 3 is 2.28 bits per heavy atom. The minimum atomic E-state index is 0.268.